The van der Waals surface area contributed by atoms with E-state index in [0.717, 1.165) is 32.8 Å². The fourth-order valence-electron chi connectivity index (χ4n) is 4.64. The first-order chi connectivity index (χ1) is 19.4. The normalized spacial score (nSPS) is 12.9. The third kappa shape index (κ3) is 9.44. The van der Waals surface area contributed by atoms with E-state index in [2.05, 4.69) is 26.1 Å². The summed E-state index contributed by atoms with van der Waals surface area (Å²) in [7, 11) is -3.82. The summed E-state index contributed by atoms with van der Waals surface area (Å²) in [5, 5.41) is 3.04. The molecule has 226 valence electrons. The highest BCUT2D eigenvalue weighted by Gasteiger charge is 2.34. The Balaban J connectivity index is 2.06. The fourth-order valence-corrected chi connectivity index (χ4v) is 5.49. The third-order valence-corrected chi connectivity index (χ3v) is 8.08. The maximum atomic E-state index is 14.2. The Kier molecular flexibility index (Phi) is 10.3. The van der Waals surface area contributed by atoms with Gasteiger partial charge in [-0.15, -0.1) is 0 Å². The highest BCUT2D eigenvalue weighted by Crippen LogP contribution is 2.26. The Morgan fingerprint density at radius 3 is 1.88 bits per heavy atom. The van der Waals surface area contributed by atoms with Crippen LogP contribution in [0, 0.1) is 6.92 Å². The van der Waals surface area contributed by atoms with Crippen LogP contribution in [0.3, 0.4) is 0 Å². The Morgan fingerprint density at radius 2 is 1.38 bits per heavy atom. The first-order valence-corrected chi connectivity index (χ1v) is 16.1. The largest absolute Gasteiger partial charge is 0.350 e. The molecule has 3 aromatic rings. The zero-order chi connectivity index (χ0) is 31.3. The lowest BCUT2D eigenvalue weighted by atomic mass is 9.87. The fraction of sp³-hybridized carbons (Fsp3) is 0.412. The molecule has 0 saturated heterocycles. The summed E-state index contributed by atoms with van der Waals surface area (Å²) < 4.78 is 27.2. The van der Waals surface area contributed by atoms with Crippen molar-refractivity contribution in [3.05, 3.63) is 101 Å². The van der Waals surface area contributed by atoms with Crippen LogP contribution < -0.4 is 9.62 Å². The van der Waals surface area contributed by atoms with E-state index in [1.807, 2.05) is 94.4 Å². The molecule has 1 atom stereocenters. The van der Waals surface area contributed by atoms with Gasteiger partial charge in [0.25, 0.3) is 0 Å². The van der Waals surface area contributed by atoms with Crippen molar-refractivity contribution in [2.45, 2.75) is 78.4 Å². The molecule has 2 amide bonds. The van der Waals surface area contributed by atoms with Crippen LogP contribution >= 0.6 is 0 Å². The van der Waals surface area contributed by atoms with Crippen molar-refractivity contribution in [1.82, 2.24) is 10.2 Å². The molecule has 1 N–H and O–H groups in total. The minimum Gasteiger partial charge on any atom is -0.350 e. The van der Waals surface area contributed by atoms with Gasteiger partial charge < -0.3 is 10.2 Å². The molecule has 3 rings (SSSR count). The molecule has 0 aliphatic rings. The second-order valence-electron chi connectivity index (χ2n) is 13.0. The number of nitrogens with zero attached hydrogens (tertiary/aromatic N) is 2. The van der Waals surface area contributed by atoms with Crippen LogP contribution in [-0.4, -0.2) is 49.5 Å². The summed E-state index contributed by atoms with van der Waals surface area (Å²) in [5.74, 6) is -0.766. The van der Waals surface area contributed by atoms with E-state index in [9.17, 15) is 18.0 Å². The van der Waals surface area contributed by atoms with Gasteiger partial charge in [0.1, 0.15) is 12.6 Å². The number of anilines is 1. The molecular weight excluding hydrogens is 546 g/mol. The smallest absolute Gasteiger partial charge is 0.244 e. The molecule has 0 heterocycles. The average Bonchev–Trinajstić information content (AvgIpc) is 2.88. The van der Waals surface area contributed by atoms with Crippen LogP contribution in [-0.2, 0) is 38.0 Å². The van der Waals surface area contributed by atoms with E-state index in [1.165, 1.54) is 4.90 Å². The zero-order valence-electron chi connectivity index (χ0n) is 26.1. The monoisotopic (exact) mass is 591 g/mol. The minimum atomic E-state index is -3.82. The van der Waals surface area contributed by atoms with Gasteiger partial charge in [-0.05, 0) is 61.9 Å². The number of sulfonamides is 1. The van der Waals surface area contributed by atoms with Gasteiger partial charge in [-0.3, -0.25) is 13.9 Å². The van der Waals surface area contributed by atoms with Gasteiger partial charge in [0.2, 0.25) is 21.8 Å². The van der Waals surface area contributed by atoms with Crippen molar-refractivity contribution in [1.29, 1.82) is 0 Å². The van der Waals surface area contributed by atoms with E-state index >= 15 is 0 Å². The van der Waals surface area contributed by atoms with Crippen molar-refractivity contribution in [2.24, 2.45) is 0 Å². The number of nitrogens with one attached hydrogen (secondary N) is 1. The highest BCUT2D eigenvalue weighted by molar-refractivity contribution is 7.92. The van der Waals surface area contributed by atoms with Crippen molar-refractivity contribution < 1.29 is 18.0 Å². The van der Waals surface area contributed by atoms with Gasteiger partial charge in [-0.2, -0.15) is 0 Å². The van der Waals surface area contributed by atoms with Gasteiger partial charge in [0, 0.05) is 18.5 Å². The van der Waals surface area contributed by atoms with E-state index < -0.39 is 34.1 Å². The first-order valence-electron chi connectivity index (χ1n) is 14.2. The Bertz CT molecular complexity index is 1450. The first kappa shape index (κ1) is 32.9. The number of carbonyl (C=O) groups excluding carboxylic acids is 2. The quantitative estimate of drug-likeness (QED) is 0.332. The van der Waals surface area contributed by atoms with E-state index in [0.29, 0.717) is 5.69 Å². The molecule has 0 bridgehead atoms. The van der Waals surface area contributed by atoms with Crippen molar-refractivity contribution in [2.75, 3.05) is 17.1 Å². The summed E-state index contributed by atoms with van der Waals surface area (Å²) in [6.45, 7) is 13.6. The van der Waals surface area contributed by atoms with Crippen LogP contribution in [0.2, 0.25) is 0 Å². The molecule has 42 heavy (non-hydrogen) atoms. The molecule has 7 nitrogen and oxygen atoms in total. The maximum absolute atomic E-state index is 14.2. The van der Waals surface area contributed by atoms with Crippen LogP contribution in [0.15, 0.2) is 78.9 Å². The van der Waals surface area contributed by atoms with Gasteiger partial charge in [-0.25, -0.2) is 8.42 Å². The summed E-state index contributed by atoms with van der Waals surface area (Å²) in [6.07, 6.45) is 1.37. The lowest BCUT2D eigenvalue weighted by Gasteiger charge is -2.35. The molecule has 3 aromatic carbocycles. The highest BCUT2D eigenvalue weighted by atomic mass is 32.2. The molecule has 0 aliphatic carbocycles. The predicted molar refractivity (Wildman–Crippen MR) is 171 cm³/mol. The molecular formula is C34H45N3O4S. The van der Waals surface area contributed by atoms with Gasteiger partial charge in [-0.1, -0.05) is 93.1 Å². The lowest BCUT2D eigenvalue weighted by molar-refractivity contribution is -0.140. The number of amides is 2. The number of aryl methyl sites for hydroxylation is 1. The van der Waals surface area contributed by atoms with Crippen LogP contribution in [0.4, 0.5) is 5.69 Å². The molecule has 8 heteroatoms. The van der Waals surface area contributed by atoms with Crippen LogP contribution in [0.25, 0.3) is 0 Å². The Morgan fingerprint density at radius 1 is 0.810 bits per heavy atom. The molecule has 0 spiro atoms. The molecule has 0 aromatic heterocycles. The van der Waals surface area contributed by atoms with Gasteiger partial charge in [0.05, 0.1) is 11.9 Å². The number of benzene rings is 3. The second-order valence-corrected chi connectivity index (χ2v) is 14.9. The predicted octanol–water partition coefficient (Wildman–Crippen LogP) is 5.61. The number of carbonyl (C=O) groups is 2. The Hall–Kier alpha value is -3.65. The standard InChI is InChI=1S/C34H45N3O4S/c1-25-14-16-27(17-15-25)23-36(30(32(39)35-34(5,6)7)22-26-12-10-9-11-13-26)31(38)24-37(42(8,40)41)29-20-18-28(19-21-29)33(2,3)4/h9-21,30H,22-24H2,1-8H3,(H,35,39)/t30-/m0/s1. The topological polar surface area (TPSA) is 86.8 Å². The SMILES string of the molecule is Cc1ccc(CN(C(=O)CN(c2ccc(C(C)(C)C)cc2)S(C)(=O)=O)[C@@H](Cc2ccccc2)C(=O)NC(C)(C)C)cc1. The Labute approximate surface area is 252 Å². The van der Waals surface area contributed by atoms with Gasteiger partial charge >= 0.3 is 0 Å². The minimum absolute atomic E-state index is 0.111. The number of rotatable bonds is 10. The van der Waals surface area contributed by atoms with E-state index in [1.54, 1.807) is 12.1 Å². The second kappa shape index (κ2) is 13.1. The van der Waals surface area contributed by atoms with Gasteiger partial charge in [0.15, 0.2) is 0 Å². The third-order valence-electron chi connectivity index (χ3n) is 6.94. The average molecular weight is 592 g/mol. The zero-order valence-corrected chi connectivity index (χ0v) is 27.0. The number of hydrogen-bond acceptors (Lipinski definition) is 4. The summed E-state index contributed by atoms with van der Waals surface area (Å²) in [4.78, 5) is 29.5. The van der Waals surface area contributed by atoms with Crippen molar-refractivity contribution >= 4 is 27.5 Å². The molecule has 0 unspecified atom stereocenters. The van der Waals surface area contributed by atoms with Crippen LogP contribution in [0.1, 0.15) is 63.8 Å². The summed E-state index contributed by atoms with van der Waals surface area (Å²) in [5.41, 5.74) is 3.62. The maximum Gasteiger partial charge on any atom is 0.244 e. The lowest BCUT2D eigenvalue weighted by Crippen LogP contribution is -2.56. The van der Waals surface area contributed by atoms with Crippen molar-refractivity contribution in [3.8, 4) is 0 Å². The molecule has 0 aliphatic heterocycles. The van der Waals surface area contributed by atoms with Crippen LogP contribution in [0.5, 0.6) is 0 Å². The molecule has 0 radical (unpaired) electrons. The van der Waals surface area contributed by atoms with Crippen molar-refractivity contribution in [3.63, 3.8) is 0 Å². The molecule has 0 fully saturated rings. The number of hydrogen-bond donors (Lipinski definition) is 1. The van der Waals surface area contributed by atoms with E-state index in [4.69, 9.17) is 0 Å². The van der Waals surface area contributed by atoms with E-state index in [-0.39, 0.29) is 24.3 Å². The summed E-state index contributed by atoms with van der Waals surface area (Å²) >= 11 is 0. The molecule has 0 saturated carbocycles. The summed E-state index contributed by atoms with van der Waals surface area (Å²) in [6, 6.07) is 23.7.